The average Bonchev–Trinajstić information content (AvgIpc) is 2.22. The van der Waals surface area contributed by atoms with E-state index in [4.69, 9.17) is 11.6 Å². The van der Waals surface area contributed by atoms with Gasteiger partial charge in [0, 0.05) is 5.02 Å². The highest BCUT2D eigenvalue weighted by Crippen LogP contribution is 2.34. The van der Waals surface area contributed by atoms with Gasteiger partial charge >= 0.3 is 5.97 Å². The summed E-state index contributed by atoms with van der Waals surface area (Å²) >= 11 is 5.95. The Bertz CT molecular complexity index is 431. The molecule has 17 heavy (non-hydrogen) atoms. The first-order chi connectivity index (χ1) is 7.77. The number of halogens is 2. The van der Waals surface area contributed by atoms with E-state index >= 15 is 0 Å². The lowest BCUT2D eigenvalue weighted by Gasteiger charge is -2.29. The van der Waals surface area contributed by atoms with Crippen LogP contribution in [0.5, 0.6) is 0 Å². The van der Waals surface area contributed by atoms with Gasteiger partial charge in [-0.15, -0.1) is 0 Å². The van der Waals surface area contributed by atoms with Crippen LogP contribution in [0.15, 0.2) is 18.2 Å². The maximum absolute atomic E-state index is 13.1. The van der Waals surface area contributed by atoms with Crippen LogP contribution in [-0.4, -0.2) is 11.1 Å². The van der Waals surface area contributed by atoms with E-state index in [1.165, 1.54) is 18.2 Å². The molecular formula is C13H16ClFO2. The number of benzene rings is 1. The fraction of sp³-hybridized carbons (Fsp3) is 0.462. The summed E-state index contributed by atoms with van der Waals surface area (Å²) < 4.78 is 13.1. The van der Waals surface area contributed by atoms with Crippen LogP contribution in [0.2, 0.25) is 5.02 Å². The minimum absolute atomic E-state index is 0.0701. The molecule has 1 aromatic carbocycles. The smallest absolute Gasteiger partial charge is 0.309 e. The summed E-state index contributed by atoms with van der Waals surface area (Å²) in [5.74, 6) is -1.37. The second-order valence-corrected chi connectivity index (χ2v) is 5.20. The molecule has 0 saturated carbocycles. The molecule has 1 atom stereocenters. The Hall–Kier alpha value is -1.09. The number of hydrogen-bond donors (Lipinski definition) is 1. The van der Waals surface area contributed by atoms with Gasteiger partial charge in [0.15, 0.2) is 0 Å². The van der Waals surface area contributed by atoms with E-state index in [1.54, 1.807) is 6.92 Å². The van der Waals surface area contributed by atoms with Crippen molar-refractivity contribution in [2.45, 2.75) is 27.2 Å². The van der Waals surface area contributed by atoms with Gasteiger partial charge in [-0.3, -0.25) is 4.79 Å². The Morgan fingerprint density at radius 3 is 2.59 bits per heavy atom. The molecule has 0 aliphatic carbocycles. The zero-order valence-corrected chi connectivity index (χ0v) is 10.9. The van der Waals surface area contributed by atoms with Crippen molar-refractivity contribution in [2.75, 3.05) is 0 Å². The van der Waals surface area contributed by atoms with E-state index in [1.807, 2.05) is 13.8 Å². The summed E-state index contributed by atoms with van der Waals surface area (Å²) in [5.41, 5.74) is -0.414. The first-order valence-corrected chi connectivity index (χ1v) is 5.82. The van der Waals surface area contributed by atoms with Gasteiger partial charge in [-0.2, -0.15) is 0 Å². The summed E-state index contributed by atoms with van der Waals surface area (Å²) in [7, 11) is 0. The normalized spacial score (nSPS) is 14.7. The van der Waals surface area contributed by atoms with E-state index in [-0.39, 0.29) is 12.3 Å². The Labute approximate surface area is 105 Å². The molecule has 0 aliphatic heterocycles. The fourth-order valence-electron chi connectivity index (χ4n) is 1.60. The quantitative estimate of drug-likeness (QED) is 0.893. The van der Waals surface area contributed by atoms with Gasteiger partial charge < -0.3 is 5.11 Å². The van der Waals surface area contributed by atoms with Gasteiger partial charge in [-0.05, 0) is 43.0 Å². The molecule has 1 rings (SSSR count). The summed E-state index contributed by atoms with van der Waals surface area (Å²) in [6.45, 7) is 5.32. The minimum Gasteiger partial charge on any atom is -0.481 e. The van der Waals surface area contributed by atoms with Crippen molar-refractivity contribution in [1.82, 2.24) is 0 Å². The van der Waals surface area contributed by atoms with Crippen molar-refractivity contribution in [3.8, 4) is 0 Å². The maximum Gasteiger partial charge on any atom is 0.309 e. The highest BCUT2D eigenvalue weighted by atomic mass is 35.5. The highest BCUT2D eigenvalue weighted by Gasteiger charge is 2.37. The van der Waals surface area contributed by atoms with Crippen molar-refractivity contribution < 1.29 is 14.3 Å². The lowest BCUT2D eigenvalue weighted by atomic mass is 9.74. The standard InChI is InChI=1S/C13H16ClFO2/c1-8(2)13(3,12(16)17)7-9-6-10(15)4-5-11(9)14/h4-6,8H,7H2,1-3H3,(H,16,17). The van der Waals surface area contributed by atoms with E-state index in [0.29, 0.717) is 10.6 Å². The van der Waals surface area contributed by atoms with Crippen LogP contribution in [0.25, 0.3) is 0 Å². The van der Waals surface area contributed by atoms with Gasteiger partial charge in [-0.1, -0.05) is 25.4 Å². The van der Waals surface area contributed by atoms with Crippen LogP contribution in [0.4, 0.5) is 4.39 Å². The van der Waals surface area contributed by atoms with Crippen LogP contribution in [0.1, 0.15) is 26.3 Å². The zero-order valence-electron chi connectivity index (χ0n) is 10.1. The molecule has 0 spiro atoms. The third-order valence-corrected chi connectivity index (χ3v) is 3.70. The summed E-state index contributed by atoms with van der Waals surface area (Å²) in [4.78, 5) is 11.3. The topological polar surface area (TPSA) is 37.3 Å². The Morgan fingerprint density at radius 1 is 1.53 bits per heavy atom. The monoisotopic (exact) mass is 258 g/mol. The molecule has 1 N–H and O–H groups in total. The fourth-order valence-corrected chi connectivity index (χ4v) is 1.79. The number of carboxylic acids is 1. The number of aliphatic carboxylic acids is 1. The van der Waals surface area contributed by atoms with Crippen LogP contribution in [0.3, 0.4) is 0 Å². The average molecular weight is 259 g/mol. The Morgan fingerprint density at radius 2 is 2.12 bits per heavy atom. The molecule has 0 heterocycles. The Kier molecular flexibility index (Phi) is 4.15. The zero-order chi connectivity index (χ0) is 13.2. The Balaban J connectivity index is 3.10. The molecule has 0 aromatic heterocycles. The number of carboxylic acid groups (broad SMARTS) is 1. The molecule has 1 unspecified atom stereocenters. The van der Waals surface area contributed by atoms with Crippen molar-refractivity contribution in [1.29, 1.82) is 0 Å². The van der Waals surface area contributed by atoms with Gasteiger partial charge in [0.1, 0.15) is 5.82 Å². The molecule has 0 fully saturated rings. The van der Waals surface area contributed by atoms with Crippen molar-refractivity contribution >= 4 is 17.6 Å². The van der Waals surface area contributed by atoms with E-state index in [2.05, 4.69) is 0 Å². The van der Waals surface area contributed by atoms with Crippen LogP contribution in [0, 0.1) is 17.2 Å². The summed E-state index contributed by atoms with van der Waals surface area (Å²) in [6.07, 6.45) is 0.219. The van der Waals surface area contributed by atoms with Gasteiger partial charge in [0.25, 0.3) is 0 Å². The van der Waals surface area contributed by atoms with Crippen LogP contribution in [-0.2, 0) is 11.2 Å². The third-order valence-electron chi connectivity index (χ3n) is 3.33. The number of rotatable bonds is 4. The van der Waals surface area contributed by atoms with Crippen LogP contribution >= 0.6 is 11.6 Å². The van der Waals surface area contributed by atoms with E-state index in [0.717, 1.165) is 0 Å². The second-order valence-electron chi connectivity index (χ2n) is 4.79. The number of hydrogen-bond acceptors (Lipinski definition) is 1. The summed E-state index contributed by atoms with van der Waals surface area (Å²) in [5, 5.41) is 9.69. The predicted molar refractivity (Wildman–Crippen MR) is 65.7 cm³/mol. The third kappa shape index (κ3) is 2.97. The highest BCUT2D eigenvalue weighted by molar-refractivity contribution is 6.31. The SMILES string of the molecule is CC(C)C(C)(Cc1cc(F)ccc1Cl)C(=O)O. The van der Waals surface area contributed by atoms with Gasteiger partial charge in [0.05, 0.1) is 5.41 Å². The second kappa shape index (κ2) is 5.05. The number of carbonyl (C=O) groups is 1. The molecule has 0 aliphatic rings. The lowest BCUT2D eigenvalue weighted by Crippen LogP contribution is -2.35. The first kappa shape index (κ1) is 14.0. The molecule has 0 saturated heterocycles. The molecule has 0 amide bonds. The largest absolute Gasteiger partial charge is 0.481 e. The van der Waals surface area contributed by atoms with Gasteiger partial charge in [0.2, 0.25) is 0 Å². The van der Waals surface area contributed by atoms with E-state index in [9.17, 15) is 14.3 Å². The minimum atomic E-state index is -0.947. The van der Waals surface area contributed by atoms with E-state index < -0.39 is 17.2 Å². The molecule has 2 nitrogen and oxygen atoms in total. The van der Waals surface area contributed by atoms with Crippen molar-refractivity contribution in [3.05, 3.63) is 34.6 Å². The molecule has 94 valence electrons. The summed E-state index contributed by atoms with van der Waals surface area (Å²) in [6, 6.07) is 4.01. The molecule has 1 aromatic rings. The van der Waals surface area contributed by atoms with Crippen LogP contribution < -0.4 is 0 Å². The molecular weight excluding hydrogens is 243 g/mol. The molecule has 4 heteroatoms. The van der Waals surface area contributed by atoms with Crippen molar-refractivity contribution in [3.63, 3.8) is 0 Å². The lowest BCUT2D eigenvalue weighted by molar-refractivity contribution is -0.150. The maximum atomic E-state index is 13.1. The predicted octanol–water partition coefficient (Wildman–Crippen LogP) is 3.77. The first-order valence-electron chi connectivity index (χ1n) is 5.44. The van der Waals surface area contributed by atoms with Crippen molar-refractivity contribution in [2.24, 2.45) is 11.3 Å². The molecule has 0 bridgehead atoms. The molecule has 0 radical (unpaired) electrons. The van der Waals surface area contributed by atoms with Gasteiger partial charge in [-0.25, -0.2) is 4.39 Å².